The van der Waals surface area contributed by atoms with Gasteiger partial charge in [-0.3, -0.25) is 0 Å². The van der Waals surface area contributed by atoms with E-state index in [1.165, 1.54) is 30.7 Å². The molecule has 2 aromatic carbocycles. The predicted octanol–water partition coefficient (Wildman–Crippen LogP) is 3.43. The van der Waals surface area contributed by atoms with Crippen LogP contribution in [0.5, 0.6) is 5.75 Å². The van der Waals surface area contributed by atoms with Gasteiger partial charge in [0, 0.05) is 31.1 Å². The monoisotopic (exact) mass is 449 g/mol. The van der Waals surface area contributed by atoms with Gasteiger partial charge in [-0.25, -0.2) is 13.4 Å². The van der Waals surface area contributed by atoms with Crippen LogP contribution in [0.15, 0.2) is 65.8 Å². The topological polar surface area (TPSA) is 73.7 Å². The number of ether oxygens (including phenoxy) is 2. The molecule has 0 saturated heterocycles. The van der Waals surface area contributed by atoms with Gasteiger partial charge < -0.3 is 14.0 Å². The summed E-state index contributed by atoms with van der Waals surface area (Å²) < 4.78 is 40.0. The summed E-state index contributed by atoms with van der Waals surface area (Å²) in [6, 6.07) is 13.9. The summed E-state index contributed by atoms with van der Waals surface area (Å²) in [4.78, 5) is 4.56. The van der Waals surface area contributed by atoms with E-state index in [4.69, 9.17) is 21.1 Å². The van der Waals surface area contributed by atoms with Crippen molar-refractivity contribution >= 4 is 21.6 Å². The molecular formula is C21H24ClN3O4S. The average molecular weight is 450 g/mol. The van der Waals surface area contributed by atoms with Gasteiger partial charge in [-0.05, 0) is 35.9 Å². The Balaban J connectivity index is 1.87. The van der Waals surface area contributed by atoms with Gasteiger partial charge in [0.15, 0.2) is 0 Å². The van der Waals surface area contributed by atoms with E-state index in [2.05, 4.69) is 4.98 Å². The van der Waals surface area contributed by atoms with Crippen LogP contribution in [0.25, 0.3) is 0 Å². The number of aromatic nitrogens is 2. The zero-order valence-electron chi connectivity index (χ0n) is 16.9. The molecule has 0 unspecified atom stereocenters. The summed E-state index contributed by atoms with van der Waals surface area (Å²) >= 11 is 6.28. The van der Waals surface area contributed by atoms with Crippen LogP contribution in [0.2, 0.25) is 5.02 Å². The lowest BCUT2D eigenvalue weighted by molar-refractivity contribution is 0.176. The largest absolute Gasteiger partial charge is 0.497 e. The summed E-state index contributed by atoms with van der Waals surface area (Å²) in [5.74, 6) is 1.20. The fourth-order valence-corrected chi connectivity index (χ4v) is 4.55. The first-order valence-electron chi connectivity index (χ1n) is 9.32. The van der Waals surface area contributed by atoms with Crippen LogP contribution in [0.1, 0.15) is 11.4 Å². The second kappa shape index (κ2) is 10.1. The number of benzene rings is 2. The molecule has 7 nitrogen and oxygen atoms in total. The van der Waals surface area contributed by atoms with E-state index in [0.717, 1.165) is 5.56 Å². The number of hydrogen-bond acceptors (Lipinski definition) is 5. The molecule has 9 heteroatoms. The Kier molecular flexibility index (Phi) is 7.49. The summed E-state index contributed by atoms with van der Waals surface area (Å²) in [6.45, 7) is 1.06. The first-order chi connectivity index (χ1) is 14.5. The molecule has 0 aliphatic carbocycles. The zero-order chi connectivity index (χ0) is 21.6. The number of halogens is 1. The highest BCUT2D eigenvalue weighted by Crippen LogP contribution is 2.22. The van der Waals surface area contributed by atoms with E-state index < -0.39 is 10.0 Å². The van der Waals surface area contributed by atoms with Crippen molar-refractivity contribution in [1.29, 1.82) is 0 Å². The molecular weight excluding hydrogens is 426 g/mol. The Morgan fingerprint density at radius 2 is 1.83 bits per heavy atom. The minimum atomic E-state index is -3.75. The molecule has 0 atom stereocenters. The minimum Gasteiger partial charge on any atom is -0.497 e. The molecule has 0 aliphatic rings. The number of methoxy groups -OCH3 is 2. The molecule has 0 radical (unpaired) electrons. The predicted molar refractivity (Wildman–Crippen MR) is 115 cm³/mol. The van der Waals surface area contributed by atoms with Crippen molar-refractivity contribution in [1.82, 2.24) is 13.9 Å². The van der Waals surface area contributed by atoms with E-state index in [-0.39, 0.29) is 24.6 Å². The molecule has 3 aromatic rings. The van der Waals surface area contributed by atoms with Crippen LogP contribution in [-0.4, -0.2) is 49.6 Å². The third-order valence-corrected chi connectivity index (χ3v) is 6.89. The van der Waals surface area contributed by atoms with Crippen LogP contribution in [0.4, 0.5) is 0 Å². The van der Waals surface area contributed by atoms with E-state index in [1.54, 1.807) is 18.3 Å². The van der Waals surface area contributed by atoms with Crippen LogP contribution >= 0.6 is 11.6 Å². The Hall–Kier alpha value is -2.39. The second-order valence-corrected chi connectivity index (χ2v) is 8.91. The number of imidazole rings is 1. The van der Waals surface area contributed by atoms with Crippen LogP contribution in [0, 0.1) is 0 Å². The van der Waals surface area contributed by atoms with Crippen LogP contribution in [-0.2, 0) is 27.8 Å². The van der Waals surface area contributed by atoms with Gasteiger partial charge in [0.25, 0.3) is 0 Å². The molecule has 0 aliphatic heterocycles. The summed E-state index contributed by atoms with van der Waals surface area (Å²) in [7, 11) is -0.681. The molecule has 0 fully saturated rings. The lowest BCUT2D eigenvalue weighted by Crippen LogP contribution is -2.34. The standard InChI is InChI=1S/C21H24ClN3O4S/c1-28-14-13-25(30(26,27)19-9-7-18(29-2)8-10-19)16-21-23-11-12-24(21)15-17-5-3-4-6-20(17)22/h3-12H,13-16H2,1-2H3. The Bertz CT molecular complexity index is 1070. The van der Waals surface area contributed by atoms with E-state index in [1.807, 2.05) is 35.0 Å². The van der Waals surface area contributed by atoms with Crippen molar-refractivity contribution in [3.05, 3.63) is 77.3 Å². The molecule has 1 heterocycles. The first kappa shape index (κ1) is 22.3. The average Bonchev–Trinajstić information content (AvgIpc) is 3.19. The fraction of sp³-hybridized carbons (Fsp3) is 0.286. The third-order valence-electron chi connectivity index (χ3n) is 4.66. The molecule has 30 heavy (non-hydrogen) atoms. The van der Waals surface area contributed by atoms with Gasteiger partial charge in [0.05, 0.1) is 31.7 Å². The lowest BCUT2D eigenvalue weighted by Gasteiger charge is -2.22. The fourth-order valence-electron chi connectivity index (χ4n) is 2.98. The normalized spacial score (nSPS) is 11.7. The molecule has 160 valence electrons. The zero-order valence-corrected chi connectivity index (χ0v) is 18.4. The van der Waals surface area contributed by atoms with Gasteiger partial charge in [0.2, 0.25) is 10.0 Å². The highest BCUT2D eigenvalue weighted by Gasteiger charge is 2.26. The van der Waals surface area contributed by atoms with Crippen molar-refractivity contribution in [3.63, 3.8) is 0 Å². The summed E-state index contributed by atoms with van der Waals surface area (Å²) in [5, 5.41) is 0.652. The van der Waals surface area contributed by atoms with Gasteiger partial charge >= 0.3 is 0 Å². The van der Waals surface area contributed by atoms with Crippen molar-refractivity contribution in [2.75, 3.05) is 27.4 Å². The van der Waals surface area contributed by atoms with Gasteiger partial charge in [-0.2, -0.15) is 4.31 Å². The maximum absolute atomic E-state index is 13.3. The number of rotatable bonds is 10. The molecule has 0 bridgehead atoms. The smallest absolute Gasteiger partial charge is 0.243 e. The van der Waals surface area contributed by atoms with Crippen molar-refractivity contribution in [3.8, 4) is 5.75 Å². The van der Waals surface area contributed by atoms with Crippen molar-refractivity contribution < 1.29 is 17.9 Å². The van der Waals surface area contributed by atoms with Crippen LogP contribution in [0.3, 0.4) is 0 Å². The second-order valence-electron chi connectivity index (χ2n) is 6.57. The van der Waals surface area contributed by atoms with Gasteiger partial charge in [-0.15, -0.1) is 0 Å². The molecule has 1 aromatic heterocycles. The van der Waals surface area contributed by atoms with Crippen molar-refractivity contribution in [2.24, 2.45) is 0 Å². The summed E-state index contributed by atoms with van der Waals surface area (Å²) in [5.41, 5.74) is 0.930. The van der Waals surface area contributed by atoms with Gasteiger partial charge in [-0.1, -0.05) is 29.8 Å². The first-order valence-corrected chi connectivity index (χ1v) is 11.1. The highest BCUT2D eigenvalue weighted by molar-refractivity contribution is 7.89. The molecule has 3 rings (SSSR count). The Morgan fingerprint density at radius 3 is 2.50 bits per heavy atom. The number of sulfonamides is 1. The lowest BCUT2D eigenvalue weighted by atomic mass is 10.2. The van der Waals surface area contributed by atoms with E-state index in [9.17, 15) is 8.42 Å². The molecule has 0 N–H and O–H groups in total. The quantitative estimate of drug-likeness (QED) is 0.474. The third kappa shape index (κ3) is 5.20. The SMILES string of the molecule is COCCN(Cc1nccn1Cc1ccccc1Cl)S(=O)(=O)c1ccc(OC)cc1. The number of hydrogen-bond donors (Lipinski definition) is 0. The summed E-state index contributed by atoms with van der Waals surface area (Å²) in [6.07, 6.45) is 3.47. The maximum atomic E-state index is 13.3. The van der Waals surface area contributed by atoms with E-state index in [0.29, 0.717) is 23.1 Å². The van der Waals surface area contributed by atoms with E-state index >= 15 is 0 Å². The molecule has 0 amide bonds. The Morgan fingerprint density at radius 1 is 1.10 bits per heavy atom. The molecule has 0 saturated carbocycles. The minimum absolute atomic E-state index is 0.106. The van der Waals surface area contributed by atoms with Gasteiger partial charge in [0.1, 0.15) is 11.6 Å². The van der Waals surface area contributed by atoms with Crippen LogP contribution < -0.4 is 4.74 Å². The highest BCUT2D eigenvalue weighted by atomic mass is 35.5. The Labute approximate surface area is 181 Å². The maximum Gasteiger partial charge on any atom is 0.243 e. The number of nitrogens with zero attached hydrogens (tertiary/aromatic N) is 3. The van der Waals surface area contributed by atoms with Crippen molar-refractivity contribution in [2.45, 2.75) is 18.0 Å². The molecule has 0 spiro atoms.